The monoisotopic (exact) mass is 357 g/mol. The van der Waals surface area contributed by atoms with Gasteiger partial charge in [-0.15, -0.1) is 0 Å². The summed E-state index contributed by atoms with van der Waals surface area (Å²) in [4.78, 5) is 12.0. The molecule has 2 nitrogen and oxygen atoms in total. The van der Waals surface area contributed by atoms with Gasteiger partial charge in [-0.25, -0.2) is 8.78 Å². The molecule has 2 aromatic rings. The van der Waals surface area contributed by atoms with Gasteiger partial charge in [0.1, 0.15) is 11.6 Å². The van der Waals surface area contributed by atoms with Crippen molar-refractivity contribution in [1.82, 2.24) is 5.32 Å². The zero-order chi connectivity index (χ0) is 17.0. The van der Waals surface area contributed by atoms with Crippen LogP contribution in [0, 0.1) is 11.6 Å². The van der Waals surface area contributed by atoms with Gasteiger partial charge in [-0.3, -0.25) is 4.79 Å². The van der Waals surface area contributed by atoms with Crippen molar-refractivity contribution in [3.63, 3.8) is 0 Å². The molecule has 2 aromatic carbocycles. The second kappa shape index (κ2) is 7.75. The average Bonchev–Trinajstić information content (AvgIpc) is 2.48. The van der Waals surface area contributed by atoms with E-state index in [1.54, 1.807) is 25.1 Å². The zero-order valence-electron chi connectivity index (χ0n) is 12.4. The molecule has 23 heavy (non-hydrogen) atoms. The highest BCUT2D eigenvalue weighted by Crippen LogP contribution is 2.26. The molecular weight excluding hydrogens is 343 g/mol. The molecule has 0 spiro atoms. The molecule has 0 bridgehead atoms. The summed E-state index contributed by atoms with van der Waals surface area (Å²) < 4.78 is 26.6. The maximum atomic E-state index is 13.7. The first-order valence-electron chi connectivity index (χ1n) is 7.05. The molecule has 0 aromatic heterocycles. The third-order valence-corrected chi connectivity index (χ3v) is 4.32. The van der Waals surface area contributed by atoms with E-state index in [-0.39, 0.29) is 17.9 Å². The van der Waals surface area contributed by atoms with Crippen molar-refractivity contribution in [3.05, 3.63) is 69.2 Å². The third-order valence-electron chi connectivity index (χ3n) is 3.46. The molecule has 0 aliphatic carbocycles. The Morgan fingerprint density at radius 1 is 1.22 bits per heavy atom. The molecule has 2 rings (SSSR count). The van der Waals surface area contributed by atoms with Crippen molar-refractivity contribution in [2.75, 3.05) is 0 Å². The van der Waals surface area contributed by atoms with E-state index in [1.165, 1.54) is 6.07 Å². The molecule has 0 saturated carbocycles. The Balaban J connectivity index is 1.95. The molecule has 0 radical (unpaired) electrons. The number of rotatable bonds is 5. The van der Waals surface area contributed by atoms with Crippen molar-refractivity contribution < 1.29 is 13.6 Å². The van der Waals surface area contributed by atoms with Gasteiger partial charge in [-0.05, 0) is 31.0 Å². The zero-order valence-corrected chi connectivity index (χ0v) is 13.9. The lowest BCUT2D eigenvalue weighted by Crippen LogP contribution is -2.27. The number of carbonyl (C=O) groups excluding carboxylic acids is 1. The molecule has 1 N–H and O–H groups in total. The van der Waals surface area contributed by atoms with Crippen LogP contribution >= 0.6 is 23.2 Å². The number of hydrogen-bond donors (Lipinski definition) is 1. The van der Waals surface area contributed by atoms with Crippen LogP contribution in [0.15, 0.2) is 36.4 Å². The topological polar surface area (TPSA) is 29.1 Å². The average molecular weight is 358 g/mol. The minimum Gasteiger partial charge on any atom is -0.349 e. The second-order valence-corrected chi connectivity index (χ2v) is 5.95. The van der Waals surface area contributed by atoms with Crippen LogP contribution in [0.1, 0.15) is 30.5 Å². The third kappa shape index (κ3) is 4.66. The van der Waals surface area contributed by atoms with Gasteiger partial charge in [0, 0.05) is 18.1 Å². The predicted octanol–water partition coefficient (Wildman–Crippen LogP) is 5.08. The molecule has 0 aliphatic heterocycles. The number of amides is 1. The van der Waals surface area contributed by atoms with Gasteiger partial charge in [-0.2, -0.15) is 0 Å². The van der Waals surface area contributed by atoms with Gasteiger partial charge >= 0.3 is 0 Å². The molecule has 1 unspecified atom stereocenters. The summed E-state index contributed by atoms with van der Waals surface area (Å²) in [6.07, 6.45) is 0.608. The quantitative estimate of drug-likeness (QED) is 0.793. The van der Waals surface area contributed by atoms with Crippen LogP contribution in [-0.4, -0.2) is 5.91 Å². The van der Waals surface area contributed by atoms with E-state index in [0.29, 0.717) is 16.5 Å². The first kappa shape index (κ1) is 17.7. The van der Waals surface area contributed by atoms with Gasteiger partial charge in [0.15, 0.2) is 0 Å². The highest BCUT2D eigenvalue weighted by molar-refractivity contribution is 6.42. The number of hydrogen-bond acceptors (Lipinski definition) is 1. The summed E-state index contributed by atoms with van der Waals surface area (Å²) in [7, 11) is 0. The van der Waals surface area contributed by atoms with E-state index < -0.39 is 17.7 Å². The SMILES string of the molecule is CC(NC(=O)CCc1cccc(Cl)c1Cl)c1ccc(F)cc1F. The summed E-state index contributed by atoms with van der Waals surface area (Å²) in [5.41, 5.74) is 1.01. The van der Waals surface area contributed by atoms with Gasteiger partial charge in [-0.1, -0.05) is 41.4 Å². The largest absolute Gasteiger partial charge is 0.349 e. The molecule has 0 aliphatic rings. The number of aryl methyl sites for hydroxylation is 1. The normalized spacial score (nSPS) is 12.0. The molecule has 0 heterocycles. The van der Waals surface area contributed by atoms with Crippen molar-refractivity contribution in [3.8, 4) is 0 Å². The van der Waals surface area contributed by atoms with Crippen molar-refractivity contribution in [1.29, 1.82) is 0 Å². The number of nitrogens with one attached hydrogen (secondary N) is 1. The summed E-state index contributed by atoms with van der Waals surface area (Å²) in [5, 5.41) is 3.55. The Bertz CT molecular complexity index is 722. The van der Waals surface area contributed by atoms with Crippen molar-refractivity contribution >= 4 is 29.1 Å². The van der Waals surface area contributed by atoms with Crippen LogP contribution in [-0.2, 0) is 11.2 Å². The standard InChI is InChI=1S/C17H15Cl2F2NO/c1-10(13-7-6-12(20)9-15(13)21)22-16(23)8-5-11-3-2-4-14(18)17(11)19/h2-4,6-7,9-10H,5,8H2,1H3,(H,22,23). The lowest BCUT2D eigenvalue weighted by molar-refractivity contribution is -0.121. The van der Waals surface area contributed by atoms with Crippen LogP contribution in [0.2, 0.25) is 10.0 Å². The number of carbonyl (C=O) groups is 1. The molecule has 1 atom stereocenters. The van der Waals surface area contributed by atoms with E-state index in [1.807, 2.05) is 0 Å². The van der Waals surface area contributed by atoms with E-state index in [0.717, 1.165) is 17.7 Å². The Kier molecular flexibility index (Phi) is 5.97. The van der Waals surface area contributed by atoms with Crippen LogP contribution in [0.4, 0.5) is 8.78 Å². The number of halogens is 4. The molecule has 1 amide bonds. The van der Waals surface area contributed by atoms with Crippen LogP contribution in [0.5, 0.6) is 0 Å². The van der Waals surface area contributed by atoms with Gasteiger partial charge in [0.25, 0.3) is 0 Å². The Hall–Kier alpha value is -1.65. The Morgan fingerprint density at radius 2 is 1.96 bits per heavy atom. The minimum atomic E-state index is -0.685. The second-order valence-electron chi connectivity index (χ2n) is 5.17. The summed E-state index contributed by atoms with van der Waals surface area (Å²) in [6, 6.07) is 7.95. The smallest absolute Gasteiger partial charge is 0.220 e. The van der Waals surface area contributed by atoms with E-state index in [9.17, 15) is 13.6 Å². The van der Waals surface area contributed by atoms with Crippen LogP contribution in [0.25, 0.3) is 0 Å². The first-order valence-corrected chi connectivity index (χ1v) is 7.81. The maximum absolute atomic E-state index is 13.7. The fourth-order valence-corrected chi connectivity index (χ4v) is 2.65. The van der Waals surface area contributed by atoms with Crippen LogP contribution < -0.4 is 5.32 Å². The fourth-order valence-electron chi connectivity index (χ4n) is 2.23. The highest BCUT2D eigenvalue weighted by Gasteiger charge is 2.15. The van der Waals surface area contributed by atoms with Gasteiger partial charge in [0.05, 0.1) is 16.1 Å². The summed E-state index contributed by atoms with van der Waals surface area (Å²) in [5.74, 6) is -1.59. The molecule has 0 saturated heterocycles. The van der Waals surface area contributed by atoms with E-state index in [4.69, 9.17) is 23.2 Å². The Morgan fingerprint density at radius 3 is 2.65 bits per heavy atom. The molecule has 0 fully saturated rings. The van der Waals surface area contributed by atoms with Crippen LogP contribution in [0.3, 0.4) is 0 Å². The fraction of sp³-hybridized carbons (Fsp3) is 0.235. The van der Waals surface area contributed by atoms with E-state index >= 15 is 0 Å². The van der Waals surface area contributed by atoms with Crippen molar-refractivity contribution in [2.24, 2.45) is 0 Å². The lowest BCUT2D eigenvalue weighted by atomic mass is 10.1. The minimum absolute atomic E-state index is 0.188. The van der Waals surface area contributed by atoms with E-state index in [2.05, 4.69) is 5.32 Å². The molecule has 6 heteroatoms. The Labute approximate surface area is 143 Å². The lowest BCUT2D eigenvalue weighted by Gasteiger charge is -2.15. The predicted molar refractivity (Wildman–Crippen MR) is 87.7 cm³/mol. The summed E-state index contributed by atoms with van der Waals surface area (Å²) in [6.45, 7) is 1.64. The molecular formula is C17H15Cl2F2NO. The summed E-state index contributed by atoms with van der Waals surface area (Å²) >= 11 is 12.0. The van der Waals surface area contributed by atoms with Gasteiger partial charge in [0.2, 0.25) is 5.91 Å². The highest BCUT2D eigenvalue weighted by atomic mass is 35.5. The maximum Gasteiger partial charge on any atom is 0.220 e. The van der Waals surface area contributed by atoms with Crippen molar-refractivity contribution in [2.45, 2.75) is 25.8 Å². The first-order chi connectivity index (χ1) is 10.9. The molecule has 122 valence electrons. The number of benzene rings is 2. The van der Waals surface area contributed by atoms with Gasteiger partial charge < -0.3 is 5.32 Å².